The van der Waals surface area contributed by atoms with E-state index >= 15 is 0 Å². The predicted octanol–water partition coefficient (Wildman–Crippen LogP) is 6.72. The van der Waals surface area contributed by atoms with Crippen molar-refractivity contribution < 1.29 is 38.9 Å². The van der Waals surface area contributed by atoms with Gasteiger partial charge in [-0.2, -0.15) is 0 Å². The van der Waals surface area contributed by atoms with Gasteiger partial charge < -0.3 is 36.2 Å². The fourth-order valence-corrected chi connectivity index (χ4v) is 8.56. The van der Waals surface area contributed by atoms with Crippen LogP contribution in [-0.2, 0) is 30.3 Å². The molecule has 1 aliphatic rings. The fraction of sp³-hybridized carbons (Fsp3) is 0.682. The van der Waals surface area contributed by atoms with Crippen LogP contribution in [0.2, 0.25) is 0 Å². The summed E-state index contributed by atoms with van der Waals surface area (Å²) in [5.41, 5.74) is 5.53. The van der Waals surface area contributed by atoms with Gasteiger partial charge in [0.05, 0.1) is 17.1 Å². The zero-order valence-corrected chi connectivity index (χ0v) is 37.5. The lowest BCUT2D eigenvalue weighted by atomic mass is 9.84. The number of thiazole rings is 1. The summed E-state index contributed by atoms with van der Waals surface area (Å²) in [5.74, 6) is -2.71. The number of amides is 3. The van der Waals surface area contributed by atoms with E-state index in [1.54, 1.807) is 31.4 Å². The number of carbonyl (C=O) groups excluding carboxylic acids is 4. The molecule has 0 aliphatic carbocycles. The molecule has 330 valence electrons. The summed E-state index contributed by atoms with van der Waals surface area (Å²) < 4.78 is 5.91. The van der Waals surface area contributed by atoms with Crippen LogP contribution in [0.5, 0.6) is 5.75 Å². The number of phenols is 1. The van der Waals surface area contributed by atoms with Gasteiger partial charge in [0.1, 0.15) is 22.5 Å². The summed E-state index contributed by atoms with van der Waals surface area (Å²) >= 11 is 1.16. The number of benzene rings is 1. The van der Waals surface area contributed by atoms with Crippen LogP contribution >= 0.6 is 11.3 Å². The number of anilines is 1. The molecule has 0 saturated carbocycles. The number of nitrogens with one attached hydrogen (secondary N) is 2. The first-order chi connectivity index (χ1) is 27.8. The topological polar surface area (TPSA) is 204 Å². The second-order valence-electron chi connectivity index (χ2n) is 17.3. The SMILES string of the molecule is CCCCCCN(C(=O)C(NC(=O)[C@H]1CCCCN1C)C(C)CC)C(CC(OC(C)=O)c1nc(C(=O)NC(Cc2ccc(N)c(O)c2)CC(C)(C)C(=O)O)cs1)C(C)C. The quantitative estimate of drug-likeness (QED) is 0.0344. The molecule has 0 spiro atoms. The molecular weight excluding hydrogens is 773 g/mol. The minimum Gasteiger partial charge on any atom is -0.506 e. The number of likely N-dealkylation sites (tertiary alicyclic amines) is 1. The number of aromatic hydroxyl groups is 1. The third-order valence-corrected chi connectivity index (χ3v) is 12.5. The van der Waals surface area contributed by atoms with E-state index in [1.165, 1.54) is 13.0 Å². The number of nitrogen functional groups attached to an aromatic ring is 1. The summed E-state index contributed by atoms with van der Waals surface area (Å²) in [4.78, 5) is 75.7. The Labute approximate surface area is 355 Å². The second kappa shape index (κ2) is 22.9. The van der Waals surface area contributed by atoms with E-state index in [2.05, 4.69) is 27.4 Å². The summed E-state index contributed by atoms with van der Waals surface area (Å²) in [6.07, 6.45) is 6.80. The summed E-state index contributed by atoms with van der Waals surface area (Å²) in [6.45, 7) is 15.9. The smallest absolute Gasteiger partial charge is 0.309 e. The molecule has 0 bridgehead atoms. The van der Waals surface area contributed by atoms with E-state index in [0.29, 0.717) is 23.5 Å². The molecule has 1 saturated heterocycles. The number of aliphatic carboxylic acids is 1. The van der Waals surface area contributed by atoms with Crippen LogP contribution in [0.15, 0.2) is 23.6 Å². The zero-order chi connectivity index (χ0) is 44.0. The largest absolute Gasteiger partial charge is 0.506 e. The Morgan fingerprint density at radius 2 is 1.80 bits per heavy atom. The molecule has 15 heteroatoms. The van der Waals surface area contributed by atoms with Crippen molar-refractivity contribution in [2.24, 2.45) is 17.3 Å². The van der Waals surface area contributed by atoms with Gasteiger partial charge in [0.2, 0.25) is 11.8 Å². The molecule has 59 heavy (non-hydrogen) atoms. The summed E-state index contributed by atoms with van der Waals surface area (Å²) in [7, 11) is 1.95. The van der Waals surface area contributed by atoms with Crippen molar-refractivity contribution in [3.05, 3.63) is 39.8 Å². The number of nitrogens with zero attached hydrogens (tertiary/aromatic N) is 3. The minimum absolute atomic E-state index is 0.0706. The second-order valence-corrected chi connectivity index (χ2v) is 18.2. The van der Waals surface area contributed by atoms with Gasteiger partial charge in [-0.3, -0.25) is 28.9 Å². The van der Waals surface area contributed by atoms with Gasteiger partial charge >= 0.3 is 11.9 Å². The normalized spacial score (nSPS) is 17.4. The molecule has 3 amide bonds. The summed E-state index contributed by atoms with van der Waals surface area (Å²) in [5, 5.41) is 28.2. The molecule has 1 aliphatic heterocycles. The molecule has 1 aromatic heterocycles. The summed E-state index contributed by atoms with van der Waals surface area (Å²) in [6, 6.07) is 2.66. The Hall–Kier alpha value is -4.24. The van der Waals surface area contributed by atoms with E-state index < -0.39 is 47.5 Å². The number of carboxylic acid groups (broad SMARTS) is 1. The Balaban J connectivity index is 1.95. The number of ether oxygens (including phenoxy) is 1. The lowest BCUT2D eigenvalue weighted by Gasteiger charge is -2.40. The molecule has 2 aromatic rings. The first-order valence-electron chi connectivity index (χ1n) is 21.3. The Morgan fingerprint density at radius 1 is 1.08 bits per heavy atom. The number of esters is 1. The highest BCUT2D eigenvalue weighted by Crippen LogP contribution is 2.33. The minimum atomic E-state index is -1.18. The number of likely N-dealkylation sites (N-methyl/N-ethyl adjacent to an activating group) is 1. The molecule has 2 heterocycles. The number of carbonyl (C=O) groups is 5. The Kier molecular flexibility index (Phi) is 19.1. The number of hydrogen-bond acceptors (Lipinski definition) is 11. The molecule has 3 rings (SSSR count). The van der Waals surface area contributed by atoms with Crippen LogP contribution in [0, 0.1) is 17.3 Å². The van der Waals surface area contributed by atoms with E-state index in [1.807, 2.05) is 39.6 Å². The maximum Gasteiger partial charge on any atom is 0.309 e. The van der Waals surface area contributed by atoms with Gasteiger partial charge in [0.15, 0.2) is 6.10 Å². The van der Waals surface area contributed by atoms with Crippen LogP contribution in [0.25, 0.3) is 0 Å². The van der Waals surface area contributed by atoms with Gasteiger partial charge in [-0.1, -0.05) is 72.8 Å². The number of rotatable bonds is 23. The maximum absolute atomic E-state index is 14.9. The van der Waals surface area contributed by atoms with Crippen LogP contribution in [0.1, 0.15) is 147 Å². The lowest BCUT2D eigenvalue weighted by Crippen LogP contribution is -2.59. The molecule has 6 atom stereocenters. The van der Waals surface area contributed by atoms with Gasteiger partial charge in [-0.15, -0.1) is 11.3 Å². The monoisotopic (exact) mass is 842 g/mol. The van der Waals surface area contributed by atoms with Crippen molar-refractivity contribution >= 4 is 46.7 Å². The Morgan fingerprint density at radius 3 is 2.39 bits per heavy atom. The number of carboxylic acids is 1. The zero-order valence-electron chi connectivity index (χ0n) is 36.7. The first kappa shape index (κ1) is 49.1. The van der Waals surface area contributed by atoms with Gasteiger partial charge in [0.25, 0.3) is 5.91 Å². The maximum atomic E-state index is 14.9. The highest BCUT2D eigenvalue weighted by molar-refractivity contribution is 7.09. The number of hydrogen-bond donors (Lipinski definition) is 5. The van der Waals surface area contributed by atoms with Gasteiger partial charge in [-0.25, -0.2) is 4.98 Å². The highest BCUT2D eigenvalue weighted by atomic mass is 32.1. The highest BCUT2D eigenvalue weighted by Gasteiger charge is 2.39. The number of phenolic OH excluding ortho intramolecular Hbond substituents is 1. The van der Waals surface area contributed by atoms with Crippen molar-refractivity contribution in [2.45, 2.75) is 156 Å². The third kappa shape index (κ3) is 14.5. The average Bonchev–Trinajstić information content (AvgIpc) is 3.67. The molecular formula is C44H70N6O8S. The van der Waals surface area contributed by atoms with Crippen LogP contribution in [0.4, 0.5) is 5.69 Å². The van der Waals surface area contributed by atoms with E-state index in [4.69, 9.17) is 10.5 Å². The van der Waals surface area contributed by atoms with Crippen LogP contribution in [-0.4, -0.2) is 99.0 Å². The number of aromatic nitrogens is 1. The third-order valence-electron chi connectivity index (χ3n) is 11.6. The van der Waals surface area contributed by atoms with E-state index in [0.717, 1.165) is 62.8 Å². The predicted molar refractivity (Wildman–Crippen MR) is 231 cm³/mol. The molecule has 1 fully saturated rings. The van der Waals surface area contributed by atoms with E-state index in [-0.39, 0.29) is 66.1 Å². The van der Waals surface area contributed by atoms with Crippen molar-refractivity contribution in [3.8, 4) is 5.75 Å². The molecule has 14 nitrogen and oxygen atoms in total. The molecule has 0 radical (unpaired) electrons. The standard InChI is InChI=1S/C44H70N6O8S/c1-10-12-13-15-21-50(42(55)38(28(5)11-2)48-40(54)34-17-14-16-20-49(34)9)35(27(3)4)24-37(58-29(6)51)41-47-33(26-59-41)39(53)46-31(25-44(7,8)43(56)57)22-30-18-19-32(45)36(52)23-30/h18-19,23,26-28,31,34-35,37-38,52H,10-17,20-22,24-25,45H2,1-9H3,(H,46,53)(H,48,54)(H,56,57)/t28?,31?,34-,35?,37?,38?/m1/s1. The average molecular weight is 843 g/mol. The molecule has 1 aromatic carbocycles. The van der Waals surface area contributed by atoms with Crippen molar-refractivity contribution in [2.75, 3.05) is 25.9 Å². The van der Waals surface area contributed by atoms with E-state index in [9.17, 15) is 34.2 Å². The van der Waals surface area contributed by atoms with Crippen LogP contribution < -0.4 is 16.4 Å². The Bertz CT molecular complexity index is 1720. The number of unbranched alkanes of at least 4 members (excludes halogenated alkanes) is 3. The van der Waals surface area contributed by atoms with Gasteiger partial charge in [0, 0.05) is 37.4 Å². The van der Waals surface area contributed by atoms with Gasteiger partial charge in [-0.05, 0) is 89.1 Å². The molecule has 5 unspecified atom stereocenters. The first-order valence-corrected chi connectivity index (χ1v) is 22.2. The lowest BCUT2D eigenvalue weighted by molar-refractivity contribution is -0.150. The van der Waals surface area contributed by atoms with Crippen molar-refractivity contribution in [3.63, 3.8) is 0 Å². The number of piperidine rings is 1. The van der Waals surface area contributed by atoms with Crippen molar-refractivity contribution in [1.29, 1.82) is 0 Å². The van der Waals surface area contributed by atoms with Crippen LogP contribution in [0.3, 0.4) is 0 Å². The van der Waals surface area contributed by atoms with Crippen molar-refractivity contribution in [1.82, 2.24) is 25.4 Å². The number of nitrogens with two attached hydrogens (primary N) is 1. The molecule has 6 N–H and O–H groups in total. The fourth-order valence-electron chi connectivity index (χ4n) is 7.72.